The van der Waals surface area contributed by atoms with Gasteiger partial charge in [-0.05, 0) is 44.0 Å². The SMILES string of the molecule is Cc1ccc2c(c1)c(-c1ccc(C(=O)NC3CCCCC3)cc1)nn2C. The number of carbonyl (C=O) groups is 1. The Morgan fingerprint density at radius 1 is 1.08 bits per heavy atom. The van der Waals surface area contributed by atoms with Gasteiger partial charge in [-0.25, -0.2) is 0 Å². The lowest BCUT2D eigenvalue weighted by molar-refractivity contribution is 0.0927. The fourth-order valence-electron chi connectivity index (χ4n) is 3.89. The Morgan fingerprint density at radius 2 is 1.81 bits per heavy atom. The highest BCUT2D eigenvalue weighted by Gasteiger charge is 2.17. The topological polar surface area (TPSA) is 46.9 Å². The van der Waals surface area contributed by atoms with Gasteiger partial charge in [-0.2, -0.15) is 5.10 Å². The number of aryl methyl sites for hydroxylation is 2. The first-order valence-corrected chi connectivity index (χ1v) is 9.46. The van der Waals surface area contributed by atoms with Crippen molar-refractivity contribution < 1.29 is 4.79 Å². The summed E-state index contributed by atoms with van der Waals surface area (Å²) in [6.07, 6.45) is 5.93. The summed E-state index contributed by atoms with van der Waals surface area (Å²) in [6.45, 7) is 2.09. The monoisotopic (exact) mass is 347 g/mol. The van der Waals surface area contributed by atoms with Crippen molar-refractivity contribution in [1.29, 1.82) is 0 Å². The molecule has 1 amide bonds. The molecule has 2 aromatic carbocycles. The molecular weight excluding hydrogens is 322 g/mol. The van der Waals surface area contributed by atoms with Crippen LogP contribution in [0.1, 0.15) is 48.0 Å². The number of aromatic nitrogens is 2. The first-order chi connectivity index (χ1) is 12.6. The summed E-state index contributed by atoms with van der Waals surface area (Å²) in [6, 6.07) is 14.5. The van der Waals surface area contributed by atoms with E-state index in [1.54, 1.807) is 0 Å². The van der Waals surface area contributed by atoms with Crippen LogP contribution in [0.5, 0.6) is 0 Å². The number of hydrogen-bond donors (Lipinski definition) is 1. The number of fused-ring (bicyclic) bond motifs is 1. The van der Waals surface area contributed by atoms with E-state index in [1.807, 2.05) is 36.0 Å². The van der Waals surface area contributed by atoms with Crippen LogP contribution in [0.4, 0.5) is 0 Å². The highest BCUT2D eigenvalue weighted by atomic mass is 16.1. The normalized spacial score (nSPS) is 15.3. The second kappa shape index (κ2) is 6.94. The van der Waals surface area contributed by atoms with Crippen LogP contribution < -0.4 is 5.32 Å². The van der Waals surface area contributed by atoms with Gasteiger partial charge in [0.25, 0.3) is 5.91 Å². The molecule has 134 valence electrons. The van der Waals surface area contributed by atoms with Gasteiger partial charge < -0.3 is 5.32 Å². The lowest BCUT2D eigenvalue weighted by atomic mass is 9.95. The van der Waals surface area contributed by atoms with E-state index in [2.05, 4.69) is 35.5 Å². The largest absolute Gasteiger partial charge is 0.349 e. The van der Waals surface area contributed by atoms with Gasteiger partial charge in [-0.1, -0.05) is 43.0 Å². The summed E-state index contributed by atoms with van der Waals surface area (Å²) in [5.41, 5.74) is 5.05. The van der Waals surface area contributed by atoms with Gasteiger partial charge >= 0.3 is 0 Å². The summed E-state index contributed by atoms with van der Waals surface area (Å²) in [5, 5.41) is 9.01. The highest BCUT2D eigenvalue weighted by Crippen LogP contribution is 2.28. The average molecular weight is 347 g/mol. The van der Waals surface area contributed by atoms with Gasteiger partial charge in [0.2, 0.25) is 0 Å². The maximum absolute atomic E-state index is 12.5. The predicted molar refractivity (Wildman–Crippen MR) is 105 cm³/mol. The van der Waals surface area contributed by atoms with Crippen molar-refractivity contribution in [3.63, 3.8) is 0 Å². The van der Waals surface area contributed by atoms with Crippen LogP contribution in [0.15, 0.2) is 42.5 Å². The molecule has 4 heteroatoms. The van der Waals surface area contributed by atoms with Crippen LogP contribution in [0.2, 0.25) is 0 Å². The Hall–Kier alpha value is -2.62. The molecule has 1 aliphatic rings. The molecule has 4 nitrogen and oxygen atoms in total. The van der Waals surface area contributed by atoms with Crippen LogP contribution in [0, 0.1) is 6.92 Å². The number of carbonyl (C=O) groups excluding carboxylic acids is 1. The third kappa shape index (κ3) is 3.24. The molecule has 26 heavy (non-hydrogen) atoms. The summed E-state index contributed by atoms with van der Waals surface area (Å²) >= 11 is 0. The van der Waals surface area contributed by atoms with Crippen LogP contribution in [-0.4, -0.2) is 21.7 Å². The number of nitrogens with one attached hydrogen (secondary N) is 1. The maximum atomic E-state index is 12.5. The third-order valence-electron chi connectivity index (χ3n) is 5.37. The van der Waals surface area contributed by atoms with Crippen molar-refractivity contribution in [2.24, 2.45) is 7.05 Å². The molecule has 3 aromatic rings. The van der Waals surface area contributed by atoms with Crippen LogP contribution in [0.25, 0.3) is 22.2 Å². The molecule has 1 saturated carbocycles. The fraction of sp³-hybridized carbons (Fsp3) is 0.364. The lowest BCUT2D eigenvalue weighted by Gasteiger charge is -2.22. The average Bonchev–Trinajstić information content (AvgIpc) is 2.98. The number of hydrogen-bond acceptors (Lipinski definition) is 2. The minimum Gasteiger partial charge on any atom is -0.349 e. The number of benzene rings is 2. The zero-order valence-electron chi connectivity index (χ0n) is 15.5. The van der Waals surface area contributed by atoms with Gasteiger partial charge in [0.1, 0.15) is 5.69 Å². The van der Waals surface area contributed by atoms with Crippen LogP contribution in [-0.2, 0) is 7.05 Å². The van der Waals surface area contributed by atoms with E-state index in [0.717, 1.165) is 40.6 Å². The molecule has 1 fully saturated rings. The van der Waals surface area contributed by atoms with E-state index < -0.39 is 0 Å². The minimum absolute atomic E-state index is 0.0326. The van der Waals surface area contributed by atoms with Gasteiger partial charge in [0.05, 0.1) is 5.52 Å². The van der Waals surface area contributed by atoms with Gasteiger partial charge in [0.15, 0.2) is 0 Å². The smallest absolute Gasteiger partial charge is 0.251 e. The molecule has 0 aliphatic heterocycles. The van der Waals surface area contributed by atoms with E-state index in [-0.39, 0.29) is 5.91 Å². The van der Waals surface area contributed by atoms with Crippen molar-refractivity contribution in [1.82, 2.24) is 15.1 Å². The molecule has 0 saturated heterocycles. The summed E-state index contributed by atoms with van der Waals surface area (Å²) in [4.78, 5) is 12.5. The second-order valence-electron chi connectivity index (χ2n) is 7.38. The lowest BCUT2D eigenvalue weighted by Crippen LogP contribution is -2.36. The van der Waals surface area contributed by atoms with Crippen molar-refractivity contribution in [2.75, 3.05) is 0 Å². The third-order valence-corrected chi connectivity index (χ3v) is 5.37. The standard InChI is InChI=1S/C22H25N3O/c1-15-8-13-20-19(14-15)21(24-25(20)2)16-9-11-17(12-10-16)22(26)23-18-6-4-3-5-7-18/h8-14,18H,3-7H2,1-2H3,(H,23,26). The molecule has 1 aliphatic carbocycles. The molecule has 1 heterocycles. The maximum Gasteiger partial charge on any atom is 0.251 e. The Labute approximate surface area is 154 Å². The molecule has 1 aromatic heterocycles. The van der Waals surface area contributed by atoms with Crippen molar-refractivity contribution in [3.8, 4) is 11.3 Å². The Morgan fingerprint density at radius 3 is 2.54 bits per heavy atom. The quantitative estimate of drug-likeness (QED) is 0.752. The molecule has 1 N–H and O–H groups in total. The fourth-order valence-corrected chi connectivity index (χ4v) is 3.89. The highest BCUT2D eigenvalue weighted by molar-refractivity contribution is 5.97. The molecule has 0 unspecified atom stereocenters. The summed E-state index contributed by atoms with van der Waals surface area (Å²) < 4.78 is 1.91. The van der Waals surface area contributed by atoms with Gasteiger partial charge in [0, 0.05) is 29.6 Å². The summed E-state index contributed by atoms with van der Waals surface area (Å²) in [5.74, 6) is 0.0326. The molecule has 0 atom stereocenters. The van der Waals surface area contributed by atoms with Gasteiger partial charge in [-0.3, -0.25) is 9.48 Å². The first kappa shape index (κ1) is 16.8. The molecular formula is C22H25N3O. The Bertz CT molecular complexity index is 934. The molecule has 0 spiro atoms. The van der Waals surface area contributed by atoms with E-state index in [4.69, 9.17) is 0 Å². The van der Waals surface area contributed by atoms with Crippen LogP contribution >= 0.6 is 0 Å². The minimum atomic E-state index is 0.0326. The van der Waals surface area contributed by atoms with Crippen LogP contribution in [0.3, 0.4) is 0 Å². The van der Waals surface area contributed by atoms with Crippen molar-refractivity contribution in [2.45, 2.75) is 45.1 Å². The zero-order valence-corrected chi connectivity index (χ0v) is 15.5. The molecule has 4 rings (SSSR count). The molecule has 0 radical (unpaired) electrons. The second-order valence-corrected chi connectivity index (χ2v) is 7.38. The first-order valence-electron chi connectivity index (χ1n) is 9.46. The molecule has 0 bridgehead atoms. The summed E-state index contributed by atoms with van der Waals surface area (Å²) in [7, 11) is 1.97. The van der Waals surface area contributed by atoms with Crippen molar-refractivity contribution >= 4 is 16.8 Å². The van der Waals surface area contributed by atoms with E-state index in [9.17, 15) is 4.79 Å². The van der Waals surface area contributed by atoms with Gasteiger partial charge in [-0.15, -0.1) is 0 Å². The van der Waals surface area contributed by atoms with E-state index in [1.165, 1.54) is 24.8 Å². The predicted octanol–water partition coefficient (Wildman–Crippen LogP) is 4.61. The Kier molecular flexibility index (Phi) is 4.49. The zero-order chi connectivity index (χ0) is 18.1. The van der Waals surface area contributed by atoms with E-state index >= 15 is 0 Å². The van der Waals surface area contributed by atoms with Crippen molar-refractivity contribution in [3.05, 3.63) is 53.6 Å². The number of rotatable bonds is 3. The Balaban J connectivity index is 1.58. The van der Waals surface area contributed by atoms with E-state index in [0.29, 0.717) is 6.04 Å². The number of amides is 1. The number of nitrogens with zero attached hydrogens (tertiary/aromatic N) is 2.